The molecule has 0 radical (unpaired) electrons. The normalized spacial score (nSPS) is 30.4. The van der Waals surface area contributed by atoms with E-state index in [0.29, 0.717) is 0 Å². The van der Waals surface area contributed by atoms with Crippen molar-refractivity contribution in [3.8, 4) is 11.5 Å². The summed E-state index contributed by atoms with van der Waals surface area (Å²) < 4.78 is 11.4. The van der Waals surface area contributed by atoms with Crippen molar-refractivity contribution in [2.45, 2.75) is 31.3 Å². The van der Waals surface area contributed by atoms with Crippen molar-refractivity contribution < 1.29 is 9.47 Å². The topological polar surface area (TPSA) is 30.5 Å². The Bertz CT molecular complexity index is 432. The monoisotopic (exact) mass is 233 g/mol. The van der Waals surface area contributed by atoms with E-state index in [-0.39, 0.29) is 11.5 Å². The standard InChI is InChI=1S/C14H19NO2/c1-3-14-6-7-15-9-13(14)17-12-5-4-10(16-2)8-11(12)14/h4-5,8,13,15H,3,6-7,9H2,1-2H3/t13-,14-/m0/s1. The van der Waals surface area contributed by atoms with Crippen LogP contribution in [0.15, 0.2) is 18.2 Å². The number of piperidine rings is 1. The molecule has 1 aromatic carbocycles. The van der Waals surface area contributed by atoms with Gasteiger partial charge in [-0.1, -0.05) is 6.92 Å². The highest BCUT2D eigenvalue weighted by Gasteiger charge is 2.48. The largest absolute Gasteiger partial charge is 0.497 e. The van der Waals surface area contributed by atoms with Crippen molar-refractivity contribution in [2.24, 2.45) is 0 Å². The predicted octanol–water partition coefficient (Wildman–Crippen LogP) is 2.10. The van der Waals surface area contributed by atoms with Gasteiger partial charge in [-0.2, -0.15) is 0 Å². The zero-order valence-electron chi connectivity index (χ0n) is 10.5. The van der Waals surface area contributed by atoms with Gasteiger partial charge >= 0.3 is 0 Å². The maximum atomic E-state index is 6.09. The molecule has 1 N–H and O–H groups in total. The Balaban J connectivity index is 2.09. The minimum atomic E-state index is 0.190. The minimum Gasteiger partial charge on any atom is -0.497 e. The molecule has 3 nitrogen and oxygen atoms in total. The zero-order chi connectivity index (χ0) is 11.9. The Kier molecular flexibility index (Phi) is 2.51. The number of hydrogen-bond donors (Lipinski definition) is 1. The van der Waals surface area contributed by atoms with Crippen LogP contribution >= 0.6 is 0 Å². The van der Waals surface area contributed by atoms with Gasteiger partial charge in [-0.05, 0) is 37.6 Å². The Hall–Kier alpha value is -1.22. The van der Waals surface area contributed by atoms with Crippen LogP contribution in [0.5, 0.6) is 11.5 Å². The summed E-state index contributed by atoms with van der Waals surface area (Å²) >= 11 is 0. The van der Waals surface area contributed by atoms with Gasteiger partial charge in [0.25, 0.3) is 0 Å². The van der Waals surface area contributed by atoms with Crippen LogP contribution in [0.25, 0.3) is 0 Å². The highest BCUT2D eigenvalue weighted by molar-refractivity contribution is 5.49. The summed E-state index contributed by atoms with van der Waals surface area (Å²) in [6.45, 7) is 4.28. The molecule has 2 heterocycles. The highest BCUT2D eigenvalue weighted by Crippen LogP contribution is 2.49. The lowest BCUT2D eigenvalue weighted by molar-refractivity contribution is 0.109. The van der Waals surface area contributed by atoms with Gasteiger partial charge in [0.15, 0.2) is 0 Å². The third-order valence-electron chi connectivity index (χ3n) is 4.32. The molecule has 0 aromatic heterocycles. The molecular weight excluding hydrogens is 214 g/mol. The molecule has 0 bridgehead atoms. The molecule has 0 spiro atoms. The van der Waals surface area contributed by atoms with Crippen molar-refractivity contribution in [1.82, 2.24) is 5.32 Å². The van der Waals surface area contributed by atoms with Crippen LogP contribution in [-0.4, -0.2) is 26.3 Å². The smallest absolute Gasteiger partial charge is 0.124 e. The third-order valence-corrected chi connectivity index (χ3v) is 4.32. The van der Waals surface area contributed by atoms with Crippen LogP contribution in [0.4, 0.5) is 0 Å². The van der Waals surface area contributed by atoms with Gasteiger partial charge in [-0.25, -0.2) is 0 Å². The van der Waals surface area contributed by atoms with Gasteiger partial charge in [0, 0.05) is 17.5 Å². The summed E-state index contributed by atoms with van der Waals surface area (Å²) in [6.07, 6.45) is 2.55. The van der Waals surface area contributed by atoms with Crippen molar-refractivity contribution >= 4 is 0 Å². The van der Waals surface area contributed by atoms with Gasteiger partial charge < -0.3 is 14.8 Å². The Morgan fingerprint density at radius 2 is 2.41 bits per heavy atom. The first-order valence-electron chi connectivity index (χ1n) is 6.36. The fourth-order valence-electron chi connectivity index (χ4n) is 3.24. The lowest BCUT2D eigenvalue weighted by Gasteiger charge is -2.37. The number of methoxy groups -OCH3 is 1. The van der Waals surface area contributed by atoms with E-state index in [1.165, 1.54) is 5.56 Å². The number of fused-ring (bicyclic) bond motifs is 3. The quantitative estimate of drug-likeness (QED) is 0.848. The maximum absolute atomic E-state index is 6.09. The van der Waals surface area contributed by atoms with Crippen molar-refractivity contribution in [3.05, 3.63) is 23.8 Å². The number of hydrogen-bond acceptors (Lipinski definition) is 3. The molecule has 3 rings (SSSR count). The zero-order valence-corrected chi connectivity index (χ0v) is 10.5. The van der Waals surface area contributed by atoms with E-state index in [1.807, 2.05) is 12.1 Å². The summed E-state index contributed by atoms with van der Waals surface area (Å²) in [6, 6.07) is 6.18. The first-order valence-corrected chi connectivity index (χ1v) is 6.36. The molecule has 0 amide bonds. The number of ether oxygens (including phenoxy) is 2. The Morgan fingerprint density at radius 3 is 3.18 bits per heavy atom. The van der Waals surface area contributed by atoms with Gasteiger partial charge in [0.1, 0.15) is 17.6 Å². The average molecular weight is 233 g/mol. The molecule has 1 fully saturated rings. The number of benzene rings is 1. The molecule has 92 valence electrons. The molecule has 3 heteroatoms. The van der Waals surface area contributed by atoms with E-state index in [0.717, 1.165) is 37.4 Å². The van der Waals surface area contributed by atoms with Crippen molar-refractivity contribution in [1.29, 1.82) is 0 Å². The molecule has 0 unspecified atom stereocenters. The fourth-order valence-corrected chi connectivity index (χ4v) is 3.24. The predicted molar refractivity (Wildman–Crippen MR) is 66.9 cm³/mol. The van der Waals surface area contributed by atoms with E-state index in [4.69, 9.17) is 9.47 Å². The summed E-state index contributed by atoms with van der Waals surface area (Å²) in [5.41, 5.74) is 1.53. The minimum absolute atomic E-state index is 0.190. The van der Waals surface area contributed by atoms with E-state index in [2.05, 4.69) is 18.3 Å². The second-order valence-corrected chi connectivity index (χ2v) is 4.93. The fraction of sp³-hybridized carbons (Fsp3) is 0.571. The van der Waals surface area contributed by atoms with Gasteiger partial charge in [0.05, 0.1) is 7.11 Å². The van der Waals surface area contributed by atoms with Crippen molar-refractivity contribution in [3.63, 3.8) is 0 Å². The highest BCUT2D eigenvalue weighted by atomic mass is 16.5. The molecule has 2 aliphatic heterocycles. The van der Waals surface area contributed by atoms with Crippen LogP contribution in [0, 0.1) is 0 Å². The lowest BCUT2D eigenvalue weighted by atomic mass is 9.71. The van der Waals surface area contributed by atoms with Crippen molar-refractivity contribution in [2.75, 3.05) is 20.2 Å². The molecule has 2 atom stereocenters. The first kappa shape index (κ1) is 10.9. The molecule has 0 saturated carbocycles. The van der Waals surface area contributed by atoms with Crippen LogP contribution < -0.4 is 14.8 Å². The Morgan fingerprint density at radius 1 is 1.53 bits per heavy atom. The van der Waals surface area contributed by atoms with Gasteiger partial charge in [0.2, 0.25) is 0 Å². The summed E-state index contributed by atoms with van der Waals surface area (Å²) in [5.74, 6) is 1.97. The second kappa shape index (κ2) is 3.91. The van der Waals surface area contributed by atoms with Gasteiger partial charge in [-0.3, -0.25) is 0 Å². The van der Waals surface area contributed by atoms with Crippen LogP contribution in [-0.2, 0) is 5.41 Å². The van der Waals surface area contributed by atoms with Gasteiger partial charge in [-0.15, -0.1) is 0 Å². The van der Waals surface area contributed by atoms with Crippen LogP contribution in [0.2, 0.25) is 0 Å². The molecule has 2 aliphatic rings. The second-order valence-electron chi connectivity index (χ2n) is 4.93. The summed E-state index contributed by atoms with van der Waals surface area (Å²) in [7, 11) is 1.72. The summed E-state index contributed by atoms with van der Waals surface area (Å²) in [4.78, 5) is 0. The SMILES string of the molecule is CC[C@@]12CCNC[C@@H]1Oc1ccc(OC)cc12. The molecule has 17 heavy (non-hydrogen) atoms. The van der Waals surface area contributed by atoms with E-state index >= 15 is 0 Å². The molecule has 1 aromatic rings. The maximum Gasteiger partial charge on any atom is 0.124 e. The molecule has 1 saturated heterocycles. The van der Waals surface area contributed by atoms with E-state index in [9.17, 15) is 0 Å². The first-order chi connectivity index (χ1) is 8.30. The third kappa shape index (κ3) is 1.45. The number of nitrogens with one attached hydrogen (secondary N) is 1. The van der Waals surface area contributed by atoms with Crippen LogP contribution in [0.3, 0.4) is 0 Å². The lowest BCUT2D eigenvalue weighted by Crippen LogP contribution is -2.50. The summed E-state index contributed by atoms with van der Waals surface area (Å²) in [5, 5.41) is 3.42. The van der Waals surface area contributed by atoms with E-state index < -0.39 is 0 Å². The molecular formula is C14H19NO2. The Labute approximate surface area is 102 Å². The average Bonchev–Trinajstić information content (AvgIpc) is 2.72. The molecule has 0 aliphatic carbocycles. The van der Waals surface area contributed by atoms with E-state index in [1.54, 1.807) is 7.11 Å². The van der Waals surface area contributed by atoms with Crippen LogP contribution in [0.1, 0.15) is 25.3 Å². The number of rotatable bonds is 2.